The second-order valence-corrected chi connectivity index (χ2v) is 9.94. The van der Waals surface area contributed by atoms with Gasteiger partial charge in [-0.2, -0.15) is 0 Å². The van der Waals surface area contributed by atoms with Crippen molar-refractivity contribution in [3.05, 3.63) is 95.6 Å². The molecule has 2 heterocycles. The Kier molecular flexibility index (Phi) is 8.63. The van der Waals surface area contributed by atoms with Crippen molar-refractivity contribution in [2.45, 2.75) is 51.3 Å². The number of hydrogen-bond acceptors (Lipinski definition) is 5. The zero-order valence-corrected chi connectivity index (χ0v) is 22.3. The molecule has 0 radical (unpaired) electrons. The molecular formula is C31H35N5O3. The van der Waals surface area contributed by atoms with Gasteiger partial charge in [-0.3, -0.25) is 9.59 Å². The summed E-state index contributed by atoms with van der Waals surface area (Å²) in [7, 11) is 0. The van der Waals surface area contributed by atoms with Crippen LogP contribution in [0.2, 0.25) is 0 Å². The lowest BCUT2D eigenvalue weighted by atomic mass is 10.0. The molecule has 2 amide bonds. The van der Waals surface area contributed by atoms with Crippen molar-refractivity contribution in [3.63, 3.8) is 0 Å². The standard InChI is InChI=1S/C31H35N5O3/c1-2-23-14-16-25(17-15-23)30(31(38)32-21-26-11-8-20-39-26)35(19-18-24-9-4-3-5-10-24)29(37)22-36-28-13-7-6-12-27(28)33-34-36/h3-7,9-10,12-17,26,30H,2,8,11,18-22H2,1H3,(H,32,38)/t26-,30-/m0/s1. The first-order valence-electron chi connectivity index (χ1n) is 13.7. The van der Waals surface area contributed by atoms with Crippen LogP contribution in [0.1, 0.15) is 42.5 Å². The molecule has 1 fully saturated rings. The number of nitrogens with zero attached hydrogens (tertiary/aromatic N) is 4. The first kappa shape index (κ1) is 26.6. The number of para-hydroxylation sites is 1. The molecule has 2 atom stereocenters. The van der Waals surface area contributed by atoms with Crippen LogP contribution in [0.15, 0.2) is 78.9 Å². The number of nitrogens with one attached hydrogen (secondary N) is 1. The van der Waals surface area contributed by atoms with E-state index in [1.165, 1.54) is 5.56 Å². The molecule has 8 heteroatoms. The van der Waals surface area contributed by atoms with E-state index < -0.39 is 6.04 Å². The van der Waals surface area contributed by atoms with Gasteiger partial charge in [-0.1, -0.05) is 78.9 Å². The molecule has 39 heavy (non-hydrogen) atoms. The van der Waals surface area contributed by atoms with Gasteiger partial charge in [0, 0.05) is 19.7 Å². The average molecular weight is 526 g/mol. The third kappa shape index (κ3) is 6.52. The normalized spacial score (nSPS) is 15.8. The highest BCUT2D eigenvalue weighted by Crippen LogP contribution is 2.24. The van der Waals surface area contributed by atoms with Crippen LogP contribution < -0.4 is 5.32 Å². The van der Waals surface area contributed by atoms with E-state index >= 15 is 0 Å². The number of rotatable bonds is 11. The summed E-state index contributed by atoms with van der Waals surface area (Å²) in [5.74, 6) is -0.405. The predicted molar refractivity (Wildman–Crippen MR) is 150 cm³/mol. The molecule has 5 rings (SSSR count). The van der Waals surface area contributed by atoms with Crippen LogP contribution in [0.25, 0.3) is 11.0 Å². The van der Waals surface area contributed by atoms with Crippen LogP contribution in [0, 0.1) is 0 Å². The average Bonchev–Trinajstić information content (AvgIpc) is 3.65. The molecule has 1 aliphatic heterocycles. The fraction of sp³-hybridized carbons (Fsp3) is 0.355. The van der Waals surface area contributed by atoms with E-state index in [1.54, 1.807) is 9.58 Å². The summed E-state index contributed by atoms with van der Waals surface area (Å²) in [6.07, 6.45) is 3.44. The number of fused-ring (bicyclic) bond motifs is 1. The van der Waals surface area contributed by atoms with Gasteiger partial charge in [-0.25, -0.2) is 4.68 Å². The molecule has 1 aliphatic rings. The van der Waals surface area contributed by atoms with Crippen molar-refractivity contribution >= 4 is 22.8 Å². The second kappa shape index (κ2) is 12.7. The fourth-order valence-electron chi connectivity index (χ4n) is 5.07. The Morgan fingerprint density at radius 2 is 1.79 bits per heavy atom. The van der Waals surface area contributed by atoms with E-state index in [4.69, 9.17) is 4.74 Å². The van der Waals surface area contributed by atoms with Gasteiger partial charge in [0.25, 0.3) is 0 Å². The van der Waals surface area contributed by atoms with Crippen LogP contribution in [0.5, 0.6) is 0 Å². The Morgan fingerprint density at radius 1 is 1.03 bits per heavy atom. The molecule has 0 bridgehead atoms. The third-order valence-electron chi connectivity index (χ3n) is 7.30. The summed E-state index contributed by atoms with van der Waals surface area (Å²) in [4.78, 5) is 29.5. The summed E-state index contributed by atoms with van der Waals surface area (Å²) in [5.41, 5.74) is 4.56. The van der Waals surface area contributed by atoms with Crippen LogP contribution in [-0.2, 0) is 33.7 Å². The third-order valence-corrected chi connectivity index (χ3v) is 7.30. The largest absolute Gasteiger partial charge is 0.376 e. The topological polar surface area (TPSA) is 89.4 Å². The molecule has 8 nitrogen and oxygen atoms in total. The number of aryl methyl sites for hydroxylation is 1. The van der Waals surface area contributed by atoms with Crippen molar-refractivity contribution < 1.29 is 14.3 Å². The van der Waals surface area contributed by atoms with Crippen molar-refractivity contribution in [1.82, 2.24) is 25.2 Å². The Balaban J connectivity index is 1.46. The summed E-state index contributed by atoms with van der Waals surface area (Å²) < 4.78 is 7.34. The molecule has 4 aromatic rings. The molecule has 1 N–H and O–H groups in total. The number of amides is 2. The van der Waals surface area contributed by atoms with Gasteiger partial charge in [0.1, 0.15) is 18.1 Å². The van der Waals surface area contributed by atoms with Crippen LogP contribution in [-0.4, -0.2) is 57.5 Å². The van der Waals surface area contributed by atoms with Gasteiger partial charge < -0.3 is 15.0 Å². The monoisotopic (exact) mass is 525 g/mol. The Morgan fingerprint density at radius 3 is 2.54 bits per heavy atom. The lowest BCUT2D eigenvalue weighted by molar-refractivity contribution is -0.141. The molecule has 0 unspecified atom stereocenters. The smallest absolute Gasteiger partial charge is 0.247 e. The van der Waals surface area contributed by atoms with E-state index in [1.807, 2.05) is 78.9 Å². The second-order valence-electron chi connectivity index (χ2n) is 9.94. The van der Waals surface area contributed by atoms with Crippen molar-refractivity contribution in [2.24, 2.45) is 0 Å². The summed E-state index contributed by atoms with van der Waals surface area (Å²) in [6.45, 7) is 3.60. The van der Waals surface area contributed by atoms with Crippen molar-refractivity contribution in [1.29, 1.82) is 0 Å². The number of carbonyl (C=O) groups is 2. The maximum absolute atomic E-state index is 14.0. The zero-order valence-electron chi connectivity index (χ0n) is 22.3. The van der Waals surface area contributed by atoms with Gasteiger partial charge in [0.15, 0.2) is 0 Å². The van der Waals surface area contributed by atoms with Crippen molar-refractivity contribution in [2.75, 3.05) is 19.7 Å². The first-order chi connectivity index (χ1) is 19.1. The summed E-state index contributed by atoms with van der Waals surface area (Å²) >= 11 is 0. The molecule has 0 aliphatic carbocycles. The molecule has 202 valence electrons. The minimum absolute atomic E-state index is 0.00653. The SMILES string of the molecule is CCc1ccc([C@@H](C(=O)NC[C@@H]2CCCO2)N(CCc2ccccc2)C(=O)Cn2nnc3ccccc32)cc1. The maximum atomic E-state index is 14.0. The minimum atomic E-state index is -0.789. The van der Waals surface area contributed by atoms with Gasteiger partial charge in [-0.05, 0) is 54.5 Å². The highest BCUT2D eigenvalue weighted by Gasteiger charge is 2.32. The van der Waals surface area contributed by atoms with Crippen LogP contribution >= 0.6 is 0 Å². The zero-order chi connectivity index (χ0) is 27.0. The Labute approximate surface area is 229 Å². The molecule has 0 saturated carbocycles. The number of hydrogen-bond donors (Lipinski definition) is 1. The van der Waals surface area contributed by atoms with Gasteiger partial charge in [-0.15, -0.1) is 5.10 Å². The predicted octanol–water partition coefficient (Wildman–Crippen LogP) is 4.10. The minimum Gasteiger partial charge on any atom is -0.376 e. The van der Waals surface area contributed by atoms with Crippen LogP contribution in [0.4, 0.5) is 0 Å². The highest BCUT2D eigenvalue weighted by atomic mass is 16.5. The van der Waals surface area contributed by atoms with Gasteiger partial charge >= 0.3 is 0 Å². The fourth-order valence-corrected chi connectivity index (χ4v) is 5.07. The number of benzene rings is 3. The highest BCUT2D eigenvalue weighted by molar-refractivity contribution is 5.89. The molecule has 1 saturated heterocycles. The maximum Gasteiger partial charge on any atom is 0.247 e. The molecular weight excluding hydrogens is 490 g/mol. The lowest BCUT2D eigenvalue weighted by Gasteiger charge is -2.32. The Bertz CT molecular complexity index is 1380. The summed E-state index contributed by atoms with van der Waals surface area (Å²) in [6, 6.07) is 24.8. The molecule has 3 aromatic carbocycles. The van der Waals surface area contributed by atoms with E-state index in [0.29, 0.717) is 19.5 Å². The van der Waals surface area contributed by atoms with Gasteiger partial charge in [0.2, 0.25) is 11.8 Å². The van der Waals surface area contributed by atoms with Gasteiger partial charge in [0.05, 0.1) is 11.6 Å². The van der Waals surface area contributed by atoms with E-state index in [0.717, 1.165) is 48.0 Å². The quantitative estimate of drug-likeness (QED) is 0.319. The van der Waals surface area contributed by atoms with Crippen molar-refractivity contribution in [3.8, 4) is 0 Å². The van der Waals surface area contributed by atoms with E-state index in [-0.39, 0.29) is 24.5 Å². The lowest BCUT2D eigenvalue weighted by Crippen LogP contribution is -2.47. The number of ether oxygens (including phenoxy) is 1. The Hall–Kier alpha value is -4.04. The number of carbonyl (C=O) groups excluding carboxylic acids is 2. The first-order valence-corrected chi connectivity index (χ1v) is 13.7. The molecule has 1 aromatic heterocycles. The van der Waals surface area contributed by atoms with E-state index in [2.05, 4.69) is 22.6 Å². The number of aromatic nitrogens is 3. The molecule has 0 spiro atoms. The van der Waals surface area contributed by atoms with Crippen LogP contribution in [0.3, 0.4) is 0 Å². The van der Waals surface area contributed by atoms with E-state index in [9.17, 15) is 9.59 Å². The summed E-state index contributed by atoms with van der Waals surface area (Å²) in [5, 5.41) is 11.5.